The van der Waals surface area contributed by atoms with E-state index in [0.29, 0.717) is 0 Å². The number of hydrogen-bond acceptors (Lipinski definition) is 3. The molecule has 1 N–H and O–H groups in total. The first-order valence-electron chi connectivity index (χ1n) is 5.93. The lowest BCUT2D eigenvalue weighted by molar-refractivity contribution is 0.554. The summed E-state index contributed by atoms with van der Waals surface area (Å²) in [5.41, 5.74) is 1.15. The van der Waals surface area contributed by atoms with Gasteiger partial charge >= 0.3 is 0 Å². The Morgan fingerprint density at radius 1 is 1.41 bits per heavy atom. The molecule has 4 heteroatoms. The van der Waals surface area contributed by atoms with Crippen LogP contribution in [0.25, 0.3) is 0 Å². The smallest absolute Gasteiger partial charge is 0.130 e. The first kappa shape index (κ1) is 11.8. The number of hydrogen-bond donors (Lipinski definition) is 1. The van der Waals surface area contributed by atoms with Crippen LogP contribution >= 0.6 is 0 Å². The third kappa shape index (κ3) is 2.71. The Morgan fingerprint density at radius 2 is 2.29 bits per heavy atom. The van der Waals surface area contributed by atoms with Crippen molar-refractivity contribution < 1.29 is 0 Å². The standard InChI is InChI=1S/C13H18N4/c1-3-6-15-12(11-5-4-7-14-10-11)13-16-8-9-17(13)2/h4-5,7-10,12,15H,3,6H2,1-2H3. The van der Waals surface area contributed by atoms with Crippen molar-refractivity contribution in [3.63, 3.8) is 0 Å². The second kappa shape index (κ2) is 5.59. The lowest BCUT2D eigenvalue weighted by atomic mass is 10.1. The van der Waals surface area contributed by atoms with Crippen molar-refractivity contribution in [3.8, 4) is 0 Å². The highest BCUT2D eigenvalue weighted by atomic mass is 15.1. The number of nitrogens with zero attached hydrogens (tertiary/aromatic N) is 3. The van der Waals surface area contributed by atoms with Crippen molar-refractivity contribution in [2.75, 3.05) is 6.54 Å². The minimum Gasteiger partial charge on any atom is -0.336 e. The molecule has 0 radical (unpaired) electrons. The maximum absolute atomic E-state index is 4.42. The molecule has 0 saturated carbocycles. The Kier molecular flexibility index (Phi) is 3.88. The predicted molar refractivity (Wildman–Crippen MR) is 67.6 cm³/mol. The molecule has 90 valence electrons. The van der Waals surface area contributed by atoms with Crippen LogP contribution in [0.15, 0.2) is 36.9 Å². The van der Waals surface area contributed by atoms with Crippen LogP contribution in [-0.4, -0.2) is 21.1 Å². The number of nitrogens with one attached hydrogen (secondary N) is 1. The molecular weight excluding hydrogens is 212 g/mol. The van der Waals surface area contributed by atoms with Gasteiger partial charge in [0.15, 0.2) is 0 Å². The van der Waals surface area contributed by atoms with Crippen LogP contribution in [0.3, 0.4) is 0 Å². The molecule has 4 nitrogen and oxygen atoms in total. The summed E-state index contributed by atoms with van der Waals surface area (Å²) < 4.78 is 2.04. The van der Waals surface area contributed by atoms with Gasteiger partial charge in [0.25, 0.3) is 0 Å². The maximum Gasteiger partial charge on any atom is 0.130 e. The zero-order valence-electron chi connectivity index (χ0n) is 10.3. The summed E-state index contributed by atoms with van der Waals surface area (Å²) in [5.74, 6) is 1.02. The van der Waals surface area contributed by atoms with Gasteiger partial charge in [0, 0.05) is 31.8 Å². The molecule has 0 amide bonds. The molecule has 1 atom stereocenters. The Hall–Kier alpha value is -1.68. The molecule has 2 aromatic rings. The molecule has 0 aliphatic heterocycles. The quantitative estimate of drug-likeness (QED) is 0.853. The Bertz CT molecular complexity index is 449. The Balaban J connectivity index is 2.29. The topological polar surface area (TPSA) is 42.7 Å². The van der Waals surface area contributed by atoms with Gasteiger partial charge < -0.3 is 9.88 Å². The minimum atomic E-state index is 0.114. The lowest BCUT2D eigenvalue weighted by Crippen LogP contribution is -2.25. The monoisotopic (exact) mass is 230 g/mol. The van der Waals surface area contributed by atoms with E-state index in [2.05, 4.69) is 28.3 Å². The third-order valence-electron chi connectivity index (χ3n) is 2.73. The zero-order chi connectivity index (χ0) is 12.1. The molecule has 0 saturated heterocycles. The molecule has 1 unspecified atom stereocenters. The predicted octanol–water partition coefficient (Wildman–Crippen LogP) is 1.90. The number of pyridine rings is 1. The average molecular weight is 230 g/mol. The first-order valence-corrected chi connectivity index (χ1v) is 5.93. The van der Waals surface area contributed by atoms with Gasteiger partial charge in [-0.3, -0.25) is 4.98 Å². The summed E-state index contributed by atoms with van der Waals surface area (Å²) in [6.45, 7) is 3.12. The summed E-state index contributed by atoms with van der Waals surface area (Å²) in [6, 6.07) is 4.15. The molecule has 0 spiro atoms. The van der Waals surface area contributed by atoms with E-state index in [9.17, 15) is 0 Å². The van der Waals surface area contributed by atoms with Gasteiger partial charge in [0.05, 0.1) is 6.04 Å². The zero-order valence-corrected chi connectivity index (χ0v) is 10.3. The van der Waals surface area contributed by atoms with Crippen LogP contribution in [0, 0.1) is 0 Å². The molecule has 2 aromatic heterocycles. The van der Waals surface area contributed by atoms with Crippen LogP contribution in [0.1, 0.15) is 30.8 Å². The fourth-order valence-electron chi connectivity index (χ4n) is 1.85. The normalized spacial score (nSPS) is 12.6. The summed E-state index contributed by atoms with van der Waals surface area (Å²) >= 11 is 0. The fourth-order valence-corrected chi connectivity index (χ4v) is 1.85. The van der Waals surface area contributed by atoms with Crippen LogP contribution in [-0.2, 0) is 7.05 Å². The van der Waals surface area contributed by atoms with E-state index < -0.39 is 0 Å². The molecule has 0 aliphatic carbocycles. The van der Waals surface area contributed by atoms with Gasteiger partial charge in [-0.25, -0.2) is 4.98 Å². The molecule has 0 fully saturated rings. The summed E-state index contributed by atoms with van der Waals surface area (Å²) in [5, 5.41) is 3.51. The van der Waals surface area contributed by atoms with E-state index in [0.717, 1.165) is 24.4 Å². The Morgan fingerprint density at radius 3 is 2.88 bits per heavy atom. The van der Waals surface area contributed by atoms with E-state index in [1.54, 1.807) is 6.20 Å². The highest BCUT2D eigenvalue weighted by Gasteiger charge is 2.17. The summed E-state index contributed by atoms with van der Waals surface area (Å²) in [6.07, 6.45) is 8.57. The SMILES string of the molecule is CCCNC(c1cccnc1)c1nccn1C. The second-order valence-electron chi connectivity index (χ2n) is 4.07. The van der Waals surface area contributed by atoms with E-state index in [4.69, 9.17) is 0 Å². The minimum absolute atomic E-state index is 0.114. The van der Waals surface area contributed by atoms with Crippen molar-refractivity contribution in [2.24, 2.45) is 7.05 Å². The molecule has 0 bridgehead atoms. The van der Waals surface area contributed by atoms with Crippen LogP contribution in [0.4, 0.5) is 0 Å². The van der Waals surface area contributed by atoms with E-state index in [1.807, 2.05) is 36.3 Å². The van der Waals surface area contributed by atoms with Gasteiger partial charge in [0.1, 0.15) is 5.82 Å². The van der Waals surface area contributed by atoms with Crippen molar-refractivity contribution in [1.82, 2.24) is 19.9 Å². The van der Waals surface area contributed by atoms with Crippen LogP contribution in [0.5, 0.6) is 0 Å². The van der Waals surface area contributed by atoms with Gasteiger partial charge in [-0.1, -0.05) is 13.0 Å². The molecule has 0 aliphatic rings. The second-order valence-corrected chi connectivity index (χ2v) is 4.07. The van der Waals surface area contributed by atoms with E-state index in [-0.39, 0.29) is 6.04 Å². The number of rotatable bonds is 5. The third-order valence-corrected chi connectivity index (χ3v) is 2.73. The first-order chi connectivity index (χ1) is 8.33. The largest absolute Gasteiger partial charge is 0.336 e. The highest BCUT2D eigenvalue weighted by Crippen LogP contribution is 2.19. The highest BCUT2D eigenvalue weighted by molar-refractivity contribution is 5.21. The molecular formula is C13H18N4. The van der Waals surface area contributed by atoms with Crippen molar-refractivity contribution in [1.29, 1.82) is 0 Å². The van der Waals surface area contributed by atoms with Gasteiger partial charge in [-0.2, -0.15) is 0 Å². The molecule has 17 heavy (non-hydrogen) atoms. The van der Waals surface area contributed by atoms with Gasteiger partial charge in [-0.05, 0) is 24.6 Å². The Labute approximate surface area is 102 Å². The molecule has 2 heterocycles. The van der Waals surface area contributed by atoms with Gasteiger partial charge in [0.2, 0.25) is 0 Å². The van der Waals surface area contributed by atoms with Crippen LogP contribution in [0.2, 0.25) is 0 Å². The maximum atomic E-state index is 4.42. The molecule has 2 rings (SSSR count). The van der Waals surface area contributed by atoms with Crippen molar-refractivity contribution in [2.45, 2.75) is 19.4 Å². The summed E-state index contributed by atoms with van der Waals surface area (Å²) in [4.78, 5) is 8.59. The van der Waals surface area contributed by atoms with E-state index >= 15 is 0 Å². The van der Waals surface area contributed by atoms with E-state index in [1.165, 1.54) is 0 Å². The lowest BCUT2D eigenvalue weighted by Gasteiger charge is -2.18. The molecule has 0 aromatic carbocycles. The van der Waals surface area contributed by atoms with Gasteiger partial charge in [-0.15, -0.1) is 0 Å². The van der Waals surface area contributed by atoms with Crippen LogP contribution < -0.4 is 5.32 Å². The van der Waals surface area contributed by atoms with Crippen molar-refractivity contribution in [3.05, 3.63) is 48.3 Å². The number of imidazole rings is 1. The van der Waals surface area contributed by atoms with Crippen molar-refractivity contribution >= 4 is 0 Å². The average Bonchev–Trinajstić information content (AvgIpc) is 2.78. The fraction of sp³-hybridized carbons (Fsp3) is 0.385. The summed E-state index contributed by atoms with van der Waals surface area (Å²) in [7, 11) is 2.01. The number of aromatic nitrogens is 3. The number of aryl methyl sites for hydroxylation is 1.